The minimum atomic E-state index is 0.0107. The molecule has 3 heterocycles. The summed E-state index contributed by atoms with van der Waals surface area (Å²) in [6, 6.07) is 10.4. The van der Waals surface area contributed by atoms with Gasteiger partial charge in [-0.15, -0.1) is 0 Å². The maximum Gasteiger partial charge on any atom is 0.255 e. The van der Waals surface area contributed by atoms with Crippen molar-refractivity contribution in [3.63, 3.8) is 0 Å². The van der Waals surface area contributed by atoms with Gasteiger partial charge in [-0.2, -0.15) is 0 Å². The standard InChI is InChI=1S/C22H23BrN4O/c1-2-4-21-25-20-8-10-27(14-19(20)22(28)26-21)13-16-12-24-9-7-18(16)15-5-3-6-17(23)11-15/h3,5-7,9,11-12H,2,4,8,10,13-14H2,1H3,(H,25,26,28). The fraction of sp³-hybridized carbons (Fsp3) is 0.318. The number of hydrogen-bond donors (Lipinski definition) is 1. The van der Waals surface area contributed by atoms with E-state index in [0.717, 1.165) is 65.0 Å². The highest BCUT2D eigenvalue weighted by atomic mass is 79.9. The molecule has 3 aromatic rings. The fourth-order valence-corrected chi connectivity index (χ4v) is 4.15. The van der Waals surface area contributed by atoms with E-state index in [1.165, 1.54) is 5.56 Å². The smallest absolute Gasteiger partial charge is 0.255 e. The van der Waals surface area contributed by atoms with Gasteiger partial charge in [-0.3, -0.25) is 14.7 Å². The molecular formula is C22H23BrN4O. The first-order valence-electron chi connectivity index (χ1n) is 9.66. The summed E-state index contributed by atoms with van der Waals surface area (Å²) in [5.41, 5.74) is 5.27. The van der Waals surface area contributed by atoms with Crippen molar-refractivity contribution in [1.82, 2.24) is 19.9 Å². The molecule has 5 nitrogen and oxygen atoms in total. The lowest BCUT2D eigenvalue weighted by molar-refractivity contribution is 0.241. The Kier molecular flexibility index (Phi) is 5.69. The van der Waals surface area contributed by atoms with Crippen LogP contribution in [0.4, 0.5) is 0 Å². The number of aromatic nitrogens is 3. The highest BCUT2D eigenvalue weighted by molar-refractivity contribution is 9.10. The van der Waals surface area contributed by atoms with Crippen LogP contribution < -0.4 is 5.56 Å². The summed E-state index contributed by atoms with van der Waals surface area (Å²) in [6.07, 6.45) is 6.36. The minimum Gasteiger partial charge on any atom is -0.310 e. The van der Waals surface area contributed by atoms with E-state index in [-0.39, 0.29) is 5.56 Å². The number of hydrogen-bond acceptors (Lipinski definition) is 4. The number of benzene rings is 1. The molecule has 1 aliphatic rings. The second-order valence-corrected chi connectivity index (χ2v) is 8.11. The van der Waals surface area contributed by atoms with Crippen molar-refractivity contribution in [3.05, 3.63) is 80.2 Å². The van der Waals surface area contributed by atoms with Crippen molar-refractivity contribution < 1.29 is 0 Å². The van der Waals surface area contributed by atoms with Crippen LogP contribution in [0.15, 0.2) is 52.0 Å². The van der Waals surface area contributed by atoms with Crippen LogP contribution in [0.3, 0.4) is 0 Å². The Balaban J connectivity index is 1.58. The largest absolute Gasteiger partial charge is 0.310 e. The van der Waals surface area contributed by atoms with Gasteiger partial charge >= 0.3 is 0 Å². The summed E-state index contributed by atoms with van der Waals surface area (Å²) in [7, 11) is 0. The van der Waals surface area contributed by atoms with Crippen molar-refractivity contribution >= 4 is 15.9 Å². The SMILES string of the molecule is CCCc1nc2c(c(=O)[nH]1)CN(Cc1cnccc1-c1cccc(Br)c1)CC2. The highest BCUT2D eigenvalue weighted by Crippen LogP contribution is 2.27. The van der Waals surface area contributed by atoms with Crippen LogP contribution in [0.5, 0.6) is 0 Å². The van der Waals surface area contributed by atoms with Crippen LogP contribution in [0, 0.1) is 0 Å². The number of aryl methyl sites for hydroxylation is 1. The van der Waals surface area contributed by atoms with Gasteiger partial charge in [-0.05, 0) is 41.3 Å². The number of H-pyrrole nitrogens is 1. The first-order chi connectivity index (χ1) is 13.6. The van der Waals surface area contributed by atoms with Gasteiger partial charge in [0.25, 0.3) is 5.56 Å². The zero-order valence-electron chi connectivity index (χ0n) is 15.9. The highest BCUT2D eigenvalue weighted by Gasteiger charge is 2.22. The maximum absolute atomic E-state index is 12.5. The molecule has 0 aliphatic carbocycles. The molecule has 144 valence electrons. The summed E-state index contributed by atoms with van der Waals surface area (Å²) in [5.74, 6) is 0.809. The molecule has 6 heteroatoms. The van der Waals surface area contributed by atoms with Crippen molar-refractivity contribution in [2.45, 2.75) is 39.3 Å². The van der Waals surface area contributed by atoms with Crippen LogP contribution in [0.2, 0.25) is 0 Å². The van der Waals surface area contributed by atoms with Gasteiger partial charge in [-0.1, -0.05) is 35.0 Å². The number of nitrogens with zero attached hydrogens (tertiary/aromatic N) is 3. The third-order valence-corrected chi connectivity index (χ3v) is 5.61. The molecule has 0 amide bonds. The van der Waals surface area contributed by atoms with E-state index < -0.39 is 0 Å². The molecule has 28 heavy (non-hydrogen) atoms. The number of fused-ring (bicyclic) bond motifs is 1. The van der Waals surface area contributed by atoms with Gasteiger partial charge in [0.2, 0.25) is 0 Å². The van der Waals surface area contributed by atoms with Crippen molar-refractivity contribution in [2.24, 2.45) is 0 Å². The van der Waals surface area contributed by atoms with Gasteiger partial charge in [-0.25, -0.2) is 4.98 Å². The zero-order valence-corrected chi connectivity index (χ0v) is 17.5. The second kappa shape index (κ2) is 8.37. The van der Waals surface area contributed by atoms with E-state index >= 15 is 0 Å². The van der Waals surface area contributed by atoms with E-state index in [1.54, 1.807) is 0 Å². The average Bonchev–Trinajstić information content (AvgIpc) is 2.69. The summed E-state index contributed by atoms with van der Waals surface area (Å²) >= 11 is 3.55. The van der Waals surface area contributed by atoms with Crippen LogP contribution in [0.1, 0.15) is 36.0 Å². The van der Waals surface area contributed by atoms with Crippen molar-refractivity contribution in [3.8, 4) is 11.1 Å². The van der Waals surface area contributed by atoms with Gasteiger partial charge in [0, 0.05) is 49.3 Å². The molecule has 0 bridgehead atoms. The monoisotopic (exact) mass is 438 g/mol. The lowest BCUT2D eigenvalue weighted by Crippen LogP contribution is -2.36. The topological polar surface area (TPSA) is 61.9 Å². The Morgan fingerprint density at radius 2 is 2.18 bits per heavy atom. The number of halogens is 1. The Labute approximate surface area is 173 Å². The summed E-state index contributed by atoms with van der Waals surface area (Å²) in [4.78, 5) is 26.8. The summed E-state index contributed by atoms with van der Waals surface area (Å²) < 4.78 is 1.06. The Hall–Kier alpha value is -2.31. The Morgan fingerprint density at radius 1 is 1.29 bits per heavy atom. The third kappa shape index (κ3) is 4.08. The van der Waals surface area contributed by atoms with Gasteiger partial charge in [0.15, 0.2) is 0 Å². The fourth-order valence-electron chi connectivity index (χ4n) is 3.75. The predicted molar refractivity (Wildman–Crippen MR) is 114 cm³/mol. The van der Waals surface area contributed by atoms with Crippen LogP contribution in [-0.4, -0.2) is 26.4 Å². The molecule has 0 saturated carbocycles. The predicted octanol–water partition coefficient (Wildman–Crippen LogP) is 4.11. The van der Waals surface area contributed by atoms with E-state index in [9.17, 15) is 4.79 Å². The lowest BCUT2D eigenvalue weighted by atomic mass is 10.00. The lowest BCUT2D eigenvalue weighted by Gasteiger charge is -2.28. The molecule has 0 fully saturated rings. The normalized spacial score (nSPS) is 14.1. The van der Waals surface area contributed by atoms with Crippen molar-refractivity contribution in [2.75, 3.05) is 6.54 Å². The number of nitrogens with one attached hydrogen (secondary N) is 1. The van der Waals surface area contributed by atoms with Crippen LogP contribution in [0.25, 0.3) is 11.1 Å². The summed E-state index contributed by atoms with van der Waals surface area (Å²) in [6.45, 7) is 4.36. The maximum atomic E-state index is 12.5. The molecule has 1 aromatic carbocycles. The average molecular weight is 439 g/mol. The number of pyridine rings is 1. The molecular weight excluding hydrogens is 416 g/mol. The van der Waals surface area contributed by atoms with Crippen LogP contribution >= 0.6 is 15.9 Å². The van der Waals surface area contributed by atoms with E-state index in [4.69, 9.17) is 0 Å². The third-order valence-electron chi connectivity index (χ3n) is 5.12. The van der Waals surface area contributed by atoms with Gasteiger partial charge < -0.3 is 4.98 Å². The molecule has 0 spiro atoms. The first-order valence-corrected chi connectivity index (χ1v) is 10.5. The molecule has 0 atom stereocenters. The second-order valence-electron chi connectivity index (χ2n) is 7.19. The van der Waals surface area contributed by atoms with Crippen molar-refractivity contribution in [1.29, 1.82) is 0 Å². The van der Waals surface area contributed by atoms with Gasteiger partial charge in [0.1, 0.15) is 5.82 Å². The van der Waals surface area contributed by atoms with Gasteiger partial charge in [0.05, 0.1) is 11.3 Å². The molecule has 0 radical (unpaired) electrons. The van der Waals surface area contributed by atoms with E-state index in [2.05, 4.69) is 60.9 Å². The van der Waals surface area contributed by atoms with E-state index in [1.807, 2.05) is 24.5 Å². The molecule has 4 rings (SSSR count). The first kappa shape index (κ1) is 19.0. The minimum absolute atomic E-state index is 0.0107. The number of rotatable bonds is 5. The Bertz CT molecular complexity index is 1050. The molecule has 0 saturated heterocycles. The molecule has 2 aromatic heterocycles. The summed E-state index contributed by atoms with van der Waals surface area (Å²) in [5, 5.41) is 0. The zero-order chi connectivity index (χ0) is 19.5. The molecule has 1 N–H and O–H groups in total. The Morgan fingerprint density at radius 3 is 3.00 bits per heavy atom. The number of aromatic amines is 1. The molecule has 0 unspecified atom stereocenters. The van der Waals surface area contributed by atoms with Crippen LogP contribution in [-0.2, 0) is 25.9 Å². The molecule has 1 aliphatic heterocycles. The van der Waals surface area contributed by atoms with E-state index in [0.29, 0.717) is 6.54 Å². The quantitative estimate of drug-likeness (QED) is 0.650.